The molecule has 1 N–H and O–H groups in total. The van der Waals surface area contributed by atoms with Crippen molar-refractivity contribution in [3.8, 4) is 5.75 Å². The molecule has 1 saturated carbocycles. The first-order chi connectivity index (χ1) is 16.9. The molecule has 4 rings (SSSR count). The normalized spacial score (nSPS) is 17.0. The van der Waals surface area contributed by atoms with Crippen LogP contribution in [0.2, 0.25) is 0 Å². The maximum absolute atomic E-state index is 13.0. The zero-order chi connectivity index (χ0) is 24.9. The Kier molecular flexibility index (Phi) is 7.38. The van der Waals surface area contributed by atoms with Crippen LogP contribution in [0.15, 0.2) is 42.4 Å². The summed E-state index contributed by atoms with van der Waals surface area (Å²) in [7, 11) is 3.34. The van der Waals surface area contributed by atoms with Gasteiger partial charge in [-0.05, 0) is 50.8 Å². The zero-order valence-corrected chi connectivity index (χ0v) is 20.4. The molecule has 0 bridgehead atoms. The average molecular weight is 481 g/mol. The maximum Gasteiger partial charge on any atom is 0.259 e. The lowest BCUT2D eigenvalue weighted by atomic mass is 10.1. The molecule has 186 valence electrons. The summed E-state index contributed by atoms with van der Waals surface area (Å²) < 4.78 is 5.48. The predicted octanol–water partition coefficient (Wildman–Crippen LogP) is 2.00. The highest BCUT2D eigenvalue weighted by Gasteiger charge is 2.26. The van der Waals surface area contributed by atoms with Gasteiger partial charge in [0, 0.05) is 55.6 Å². The number of nitrogens with one attached hydrogen (secondary N) is 1. The summed E-state index contributed by atoms with van der Waals surface area (Å²) in [6.45, 7) is 3.35. The van der Waals surface area contributed by atoms with Gasteiger partial charge in [0.05, 0.1) is 24.4 Å². The fourth-order valence-electron chi connectivity index (χ4n) is 4.27. The fourth-order valence-corrected chi connectivity index (χ4v) is 4.27. The van der Waals surface area contributed by atoms with Crippen LogP contribution in [0.25, 0.3) is 10.9 Å². The molecule has 0 unspecified atom stereocenters. The Morgan fingerprint density at radius 3 is 2.51 bits per heavy atom. The number of benzene rings is 1. The fraction of sp³-hybridized carbons (Fsp3) is 0.440. The van der Waals surface area contributed by atoms with Crippen molar-refractivity contribution in [1.82, 2.24) is 25.0 Å². The molecule has 2 aliphatic rings. The molecule has 0 radical (unpaired) electrons. The SMILES string of the molecule is COc1cc2nn(N3CCC(N(C)C=O)CC3)cc2cc1C(=O)N/C(C)=C/C=C\N(C=O)C1CC1. The molecular formula is C25H32N6O4. The number of rotatable bonds is 10. The van der Waals surface area contributed by atoms with E-state index in [0.29, 0.717) is 23.1 Å². The molecule has 0 atom stereocenters. The van der Waals surface area contributed by atoms with E-state index >= 15 is 0 Å². The largest absolute Gasteiger partial charge is 0.496 e. The van der Waals surface area contributed by atoms with Crippen LogP contribution in [0.1, 0.15) is 43.0 Å². The summed E-state index contributed by atoms with van der Waals surface area (Å²) in [6, 6.07) is 4.09. The standard InChI is InChI=1S/C25H32N6O4/c1-18(5-4-10-29(17-33)21-6-7-21)26-25(34)22-13-19-15-31(27-23(19)14-24(22)35-3)30-11-8-20(9-12-30)28(2)16-32/h4-5,10,13-17,20-21H,6-9,11-12H2,1-3H3,(H,26,34)/b10-4-,18-5+. The van der Waals surface area contributed by atoms with E-state index in [4.69, 9.17) is 4.74 Å². The topological polar surface area (TPSA) is 100 Å². The molecule has 2 fully saturated rings. The molecule has 1 aromatic heterocycles. The third kappa shape index (κ3) is 5.64. The van der Waals surface area contributed by atoms with E-state index in [0.717, 1.165) is 62.5 Å². The predicted molar refractivity (Wildman–Crippen MR) is 132 cm³/mol. The second-order valence-electron chi connectivity index (χ2n) is 9.05. The molecule has 1 aliphatic carbocycles. The summed E-state index contributed by atoms with van der Waals surface area (Å²) >= 11 is 0. The first-order valence-electron chi connectivity index (χ1n) is 11.8. The number of allylic oxidation sites excluding steroid dienone is 3. The van der Waals surface area contributed by atoms with Gasteiger partial charge < -0.3 is 19.9 Å². The molecule has 10 nitrogen and oxygen atoms in total. The Hall–Kier alpha value is -3.82. The Morgan fingerprint density at radius 1 is 1.14 bits per heavy atom. The lowest BCUT2D eigenvalue weighted by Gasteiger charge is -2.35. The van der Waals surface area contributed by atoms with E-state index in [9.17, 15) is 14.4 Å². The zero-order valence-electron chi connectivity index (χ0n) is 20.4. The van der Waals surface area contributed by atoms with Gasteiger partial charge in [0.2, 0.25) is 12.8 Å². The number of carbonyl (C=O) groups is 3. The third-order valence-corrected chi connectivity index (χ3v) is 6.54. The highest BCUT2D eigenvalue weighted by atomic mass is 16.5. The van der Waals surface area contributed by atoms with Crippen LogP contribution in [0.4, 0.5) is 0 Å². The summed E-state index contributed by atoms with van der Waals surface area (Å²) in [6.07, 6.45) is 12.6. The van der Waals surface area contributed by atoms with Crippen LogP contribution >= 0.6 is 0 Å². The lowest BCUT2D eigenvalue weighted by molar-refractivity contribution is -0.119. The van der Waals surface area contributed by atoms with E-state index < -0.39 is 0 Å². The van der Waals surface area contributed by atoms with Crippen molar-refractivity contribution >= 4 is 29.6 Å². The van der Waals surface area contributed by atoms with Crippen molar-refractivity contribution in [2.45, 2.75) is 44.7 Å². The van der Waals surface area contributed by atoms with Crippen LogP contribution in [0.3, 0.4) is 0 Å². The quantitative estimate of drug-likeness (QED) is 0.413. The Bertz CT molecular complexity index is 1140. The summed E-state index contributed by atoms with van der Waals surface area (Å²) in [5.41, 5.74) is 1.79. The van der Waals surface area contributed by atoms with Crippen LogP contribution in [-0.2, 0) is 9.59 Å². The maximum atomic E-state index is 13.0. The highest BCUT2D eigenvalue weighted by molar-refractivity contribution is 6.01. The molecule has 0 spiro atoms. The molecule has 1 aliphatic heterocycles. The third-order valence-electron chi connectivity index (χ3n) is 6.54. The number of ether oxygens (including phenoxy) is 1. The Morgan fingerprint density at radius 2 is 1.89 bits per heavy atom. The molecule has 1 saturated heterocycles. The van der Waals surface area contributed by atoms with Crippen LogP contribution in [0.5, 0.6) is 5.75 Å². The van der Waals surface area contributed by atoms with Gasteiger partial charge in [-0.1, -0.05) is 0 Å². The smallest absolute Gasteiger partial charge is 0.259 e. The monoisotopic (exact) mass is 480 g/mol. The van der Waals surface area contributed by atoms with E-state index in [2.05, 4.69) is 15.4 Å². The minimum Gasteiger partial charge on any atom is -0.496 e. The van der Waals surface area contributed by atoms with Gasteiger partial charge in [-0.15, -0.1) is 0 Å². The van der Waals surface area contributed by atoms with Gasteiger partial charge in [0.1, 0.15) is 5.75 Å². The van der Waals surface area contributed by atoms with Crippen LogP contribution in [-0.4, -0.2) is 77.7 Å². The minimum absolute atomic E-state index is 0.241. The van der Waals surface area contributed by atoms with E-state index in [1.54, 1.807) is 47.2 Å². The molecule has 3 amide bonds. The summed E-state index contributed by atoms with van der Waals surface area (Å²) in [4.78, 5) is 40.3. The number of hydrogen-bond donors (Lipinski definition) is 1. The first-order valence-corrected chi connectivity index (χ1v) is 11.8. The van der Waals surface area contributed by atoms with Gasteiger partial charge in [0.15, 0.2) is 0 Å². The van der Waals surface area contributed by atoms with E-state index in [1.807, 2.05) is 18.0 Å². The number of carbonyl (C=O) groups excluding carboxylic acids is 3. The number of aromatic nitrogens is 2. The molecule has 2 aromatic rings. The number of piperidine rings is 1. The Balaban J connectivity index is 1.46. The van der Waals surface area contributed by atoms with Crippen molar-refractivity contribution in [1.29, 1.82) is 0 Å². The van der Waals surface area contributed by atoms with E-state index in [-0.39, 0.29) is 11.9 Å². The average Bonchev–Trinajstić information content (AvgIpc) is 3.63. The van der Waals surface area contributed by atoms with Gasteiger partial charge in [-0.2, -0.15) is 9.89 Å². The van der Waals surface area contributed by atoms with Crippen molar-refractivity contribution in [2.24, 2.45) is 0 Å². The van der Waals surface area contributed by atoms with Crippen LogP contribution < -0.4 is 15.1 Å². The van der Waals surface area contributed by atoms with Crippen molar-refractivity contribution in [2.75, 3.05) is 32.3 Å². The van der Waals surface area contributed by atoms with Crippen molar-refractivity contribution in [3.05, 3.63) is 47.9 Å². The molecule has 35 heavy (non-hydrogen) atoms. The lowest BCUT2D eigenvalue weighted by Crippen LogP contribution is -2.47. The van der Waals surface area contributed by atoms with Gasteiger partial charge in [-0.25, -0.2) is 0 Å². The van der Waals surface area contributed by atoms with Crippen molar-refractivity contribution in [3.63, 3.8) is 0 Å². The highest BCUT2D eigenvalue weighted by Crippen LogP contribution is 2.27. The van der Waals surface area contributed by atoms with Crippen molar-refractivity contribution < 1.29 is 19.1 Å². The van der Waals surface area contributed by atoms with Gasteiger partial charge >= 0.3 is 0 Å². The summed E-state index contributed by atoms with van der Waals surface area (Å²) in [5, 5.41) is 10.5. The molecule has 10 heteroatoms. The van der Waals surface area contributed by atoms with Crippen LogP contribution in [0, 0.1) is 0 Å². The second kappa shape index (κ2) is 10.6. The number of amides is 3. The minimum atomic E-state index is -0.286. The number of methoxy groups -OCH3 is 1. The second-order valence-corrected chi connectivity index (χ2v) is 9.05. The number of fused-ring (bicyclic) bond motifs is 1. The van der Waals surface area contributed by atoms with Gasteiger partial charge in [-0.3, -0.25) is 19.4 Å². The van der Waals surface area contributed by atoms with Gasteiger partial charge in [0.25, 0.3) is 5.91 Å². The molecule has 1 aromatic carbocycles. The molecule has 2 heterocycles. The van der Waals surface area contributed by atoms with E-state index in [1.165, 1.54) is 7.11 Å². The number of nitrogens with zero attached hydrogens (tertiary/aromatic N) is 5. The molecular weight excluding hydrogens is 448 g/mol. The Labute approximate surface area is 204 Å². The summed E-state index contributed by atoms with van der Waals surface area (Å²) in [5.74, 6) is 0.154. The number of hydrogen-bond acceptors (Lipinski definition) is 6. The first kappa shape index (κ1) is 24.3.